The minimum Gasteiger partial charge on any atom is -0.383 e. The van der Waals surface area contributed by atoms with Crippen LogP contribution in [0.5, 0.6) is 0 Å². The highest BCUT2D eigenvalue weighted by Crippen LogP contribution is 2.40. The normalized spacial score (nSPS) is 14.7. The van der Waals surface area contributed by atoms with Crippen molar-refractivity contribution in [2.45, 2.75) is 25.2 Å². The molecule has 3 rings (SSSR count). The molecule has 0 bridgehead atoms. The Morgan fingerprint density at radius 2 is 2.27 bits per heavy atom. The van der Waals surface area contributed by atoms with Crippen LogP contribution in [0.25, 0.3) is 5.65 Å². The summed E-state index contributed by atoms with van der Waals surface area (Å²) < 4.78 is 32.3. The van der Waals surface area contributed by atoms with Gasteiger partial charge in [-0.2, -0.15) is 5.10 Å². The summed E-state index contributed by atoms with van der Waals surface area (Å²) in [5, 5.41) is 6.56. The van der Waals surface area contributed by atoms with E-state index in [1.165, 1.54) is 19.2 Å². The Kier molecular flexibility index (Phi) is 4.02. The van der Waals surface area contributed by atoms with Crippen molar-refractivity contribution in [3.05, 3.63) is 29.2 Å². The Bertz CT molecular complexity index is 697. The second-order valence-corrected chi connectivity index (χ2v) is 5.23. The van der Waals surface area contributed by atoms with Crippen molar-refractivity contribution in [2.24, 2.45) is 0 Å². The highest BCUT2D eigenvalue weighted by molar-refractivity contribution is 5.93. The molecule has 2 aromatic rings. The van der Waals surface area contributed by atoms with Crippen LogP contribution >= 0.6 is 0 Å². The molecule has 6 nitrogen and oxygen atoms in total. The van der Waals surface area contributed by atoms with Crippen LogP contribution in [0.1, 0.15) is 47.1 Å². The van der Waals surface area contributed by atoms with Crippen molar-refractivity contribution in [1.82, 2.24) is 19.9 Å². The molecule has 1 saturated carbocycles. The highest BCUT2D eigenvalue weighted by atomic mass is 19.3. The van der Waals surface area contributed by atoms with E-state index < -0.39 is 12.3 Å². The Balaban J connectivity index is 1.93. The lowest BCUT2D eigenvalue weighted by Gasteiger charge is -2.06. The molecule has 0 aromatic carbocycles. The zero-order chi connectivity index (χ0) is 15.7. The number of aromatic nitrogens is 3. The van der Waals surface area contributed by atoms with Crippen LogP contribution in [0, 0.1) is 0 Å². The number of nitrogens with one attached hydrogen (secondary N) is 1. The van der Waals surface area contributed by atoms with Gasteiger partial charge in [-0.15, -0.1) is 0 Å². The van der Waals surface area contributed by atoms with Gasteiger partial charge in [0.1, 0.15) is 5.69 Å². The van der Waals surface area contributed by atoms with Crippen LogP contribution in [0.4, 0.5) is 8.78 Å². The molecule has 1 aliphatic carbocycles. The molecule has 2 aromatic heterocycles. The van der Waals surface area contributed by atoms with Gasteiger partial charge in [0.15, 0.2) is 11.3 Å². The van der Waals surface area contributed by atoms with Gasteiger partial charge >= 0.3 is 0 Å². The number of hydrogen-bond acceptors (Lipinski definition) is 4. The molecule has 0 unspecified atom stereocenters. The number of nitrogens with zero attached hydrogens (tertiary/aromatic N) is 3. The third-order valence-electron chi connectivity index (χ3n) is 3.52. The monoisotopic (exact) mass is 310 g/mol. The maximum atomic E-state index is 13.2. The van der Waals surface area contributed by atoms with Gasteiger partial charge in [0, 0.05) is 31.3 Å². The third-order valence-corrected chi connectivity index (χ3v) is 3.52. The number of methoxy groups -OCH3 is 1. The SMILES string of the molecule is COCCNC(=O)c1cc2nc(C3CC3)cc(C(F)F)n2n1. The van der Waals surface area contributed by atoms with Gasteiger partial charge in [0.25, 0.3) is 12.3 Å². The average molecular weight is 310 g/mol. The zero-order valence-corrected chi connectivity index (χ0v) is 12.1. The summed E-state index contributed by atoms with van der Waals surface area (Å²) >= 11 is 0. The van der Waals surface area contributed by atoms with Crippen LogP contribution in [0.15, 0.2) is 12.1 Å². The molecule has 0 radical (unpaired) electrons. The molecular weight excluding hydrogens is 294 g/mol. The number of rotatable bonds is 6. The summed E-state index contributed by atoms with van der Waals surface area (Å²) in [6, 6.07) is 2.81. The average Bonchev–Trinajstić information content (AvgIpc) is 3.25. The molecule has 1 aliphatic rings. The van der Waals surface area contributed by atoms with Gasteiger partial charge < -0.3 is 10.1 Å². The van der Waals surface area contributed by atoms with E-state index in [0.29, 0.717) is 18.8 Å². The van der Waals surface area contributed by atoms with Gasteiger partial charge in [-0.1, -0.05) is 0 Å². The fourth-order valence-corrected chi connectivity index (χ4v) is 2.23. The number of carbonyl (C=O) groups is 1. The lowest BCUT2D eigenvalue weighted by molar-refractivity contribution is 0.0931. The van der Waals surface area contributed by atoms with Gasteiger partial charge in [-0.05, 0) is 18.9 Å². The van der Waals surface area contributed by atoms with Crippen molar-refractivity contribution in [3.63, 3.8) is 0 Å². The molecule has 1 N–H and O–H groups in total. The van der Waals surface area contributed by atoms with E-state index in [0.717, 1.165) is 17.4 Å². The standard InChI is InChI=1S/C14H16F2N4O2/c1-22-5-4-17-14(21)10-7-12-18-9(8-2-3-8)6-11(13(15)16)20(12)19-10/h6-8,13H,2-5H2,1H3,(H,17,21). The number of fused-ring (bicyclic) bond motifs is 1. The van der Waals surface area contributed by atoms with Crippen LogP contribution in [0.2, 0.25) is 0 Å². The molecule has 0 saturated heterocycles. The number of ether oxygens (including phenoxy) is 1. The van der Waals surface area contributed by atoms with Gasteiger partial charge in [-0.25, -0.2) is 18.3 Å². The summed E-state index contributed by atoms with van der Waals surface area (Å²) in [6.07, 6.45) is -0.748. The fourth-order valence-electron chi connectivity index (χ4n) is 2.23. The molecule has 2 heterocycles. The Labute approximate surface area is 125 Å². The van der Waals surface area contributed by atoms with E-state index in [9.17, 15) is 13.6 Å². The summed E-state index contributed by atoms with van der Waals surface area (Å²) in [6.45, 7) is 0.692. The lowest BCUT2D eigenvalue weighted by atomic mass is 10.2. The van der Waals surface area contributed by atoms with Gasteiger partial charge in [0.05, 0.1) is 6.61 Å². The van der Waals surface area contributed by atoms with E-state index >= 15 is 0 Å². The first kappa shape index (κ1) is 14.8. The van der Waals surface area contributed by atoms with Crippen LogP contribution in [-0.2, 0) is 4.74 Å². The molecule has 8 heteroatoms. The van der Waals surface area contributed by atoms with E-state index in [2.05, 4.69) is 15.4 Å². The van der Waals surface area contributed by atoms with Crippen molar-refractivity contribution in [1.29, 1.82) is 0 Å². The molecule has 0 aliphatic heterocycles. The van der Waals surface area contributed by atoms with Crippen LogP contribution in [-0.4, -0.2) is 40.8 Å². The zero-order valence-electron chi connectivity index (χ0n) is 12.1. The lowest BCUT2D eigenvalue weighted by Crippen LogP contribution is -2.27. The van der Waals surface area contributed by atoms with Gasteiger partial charge in [0.2, 0.25) is 0 Å². The first-order chi connectivity index (χ1) is 10.6. The van der Waals surface area contributed by atoms with E-state index in [4.69, 9.17) is 4.74 Å². The quantitative estimate of drug-likeness (QED) is 0.828. The summed E-state index contributed by atoms with van der Waals surface area (Å²) in [4.78, 5) is 16.3. The number of hydrogen-bond donors (Lipinski definition) is 1. The molecule has 22 heavy (non-hydrogen) atoms. The van der Waals surface area contributed by atoms with E-state index in [1.807, 2.05) is 0 Å². The smallest absolute Gasteiger partial charge is 0.280 e. The molecule has 1 amide bonds. The third kappa shape index (κ3) is 2.92. The van der Waals surface area contributed by atoms with Crippen LogP contribution < -0.4 is 5.32 Å². The largest absolute Gasteiger partial charge is 0.383 e. The molecule has 1 fully saturated rings. The predicted octanol–water partition coefficient (Wildman–Crippen LogP) is 1.92. The van der Waals surface area contributed by atoms with Crippen molar-refractivity contribution in [2.75, 3.05) is 20.3 Å². The summed E-state index contributed by atoms with van der Waals surface area (Å²) in [5.41, 5.74) is 0.756. The second kappa shape index (κ2) is 5.96. The molecule has 118 valence electrons. The first-order valence-corrected chi connectivity index (χ1v) is 7.06. The maximum Gasteiger partial charge on any atom is 0.280 e. The van der Waals surface area contributed by atoms with Crippen molar-refractivity contribution in [3.8, 4) is 0 Å². The Hall–Kier alpha value is -2.09. The van der Waals surface area contributed by atoms with E-state index in [1.54, 1.807) is 0 Å². The first-order valence-electron chi connectivity index (χ1n) is 7.06. The molecule has 0 atom stereocenters. The number of halogens is 2. The minimum atomic E-state index is -2.67. The van der Waals surface area contributed by atoms with Crippen LogP contribution in [0.3, 0.4) is 0 Å². The number of alkyl halides is 2. The Morgan fingerprint density at radius 1 is 1.50 bits per heavy atom. The maximum absolute atomic E-state index is 13.2. The topological polar surface area (TPSA) is 68.5 Å². The Morgan fingerprint density at radius 3 is 2.91 bits per heavy atom. The van der Waals surface area contributed by atoms with Crippen molar-refractivity contribution >= 4 is 11.6 Å². The second-order valence-electron chi connectivity index (χ2n) is 5.23. The van der Waals surface area contributed by atoms with E-state index in [-0.39, 0.29) is 23.0 Å². The summed E-state index contributed by atoms with van der Waals surface area (Å²) in [5.74, 6) is -0.188. The number of amides is 1. The molecular formula is C14H16F2N4O2. The fraction of sp³-hybridized carbons (Fsp3) is 0.500. The predicted molar refractivity (Wildman–Crippen MR) is 74.1 cm³/mol. The number of carbonyl (C=O) groups excluding carboxylic acids is 1. The molecule has 0 spiro atoms. The highest BCUT2D eigenvalue weighted by Gasteiger charge is 2.28. The minimum absolute atomic E-state index is 0.0680. The summed E-state index contributed by atoms with van der Waals surface area (Å²) in [7, 11) is 1.52. The van der Waals surface area contributed by atoms with Gasteiger partial charge in [-0.3, -0.25) is 4.79 Å². The van der Waals surface area contributed by atoms with Crippen molar-refractivity contribution < 1.29 is 18.3 Å².